The number of carboxylic acid groups (broad SMARTS) is 1. The van der Waals surface area contributed by atoms with Crippen LogP contribution in [0.15, 0.2) is 27.1 Å². The van der Waals surface area contributed by atoms with E-state index in [2.05, 4.69) is 15.9 Å². The van der Waals surface area contributed by atoms with Gasteiger partial charge in [0.15, 0.2) is 11.6 Å². The number of fused-ring (bicyclic) bond motifs is 1. The van der Waals surface area contributed by atoms with Gasteiger partial charge >= 0.3 is 5.97 Å². The molecule has 7 nitrogen and oxygen atoms in total. The number of anilines is 1. The van der Waals surface area contributed by atoms with E-state index in [-0.39, 0.29) is 22.7 Å². The van der Waals surface area contributed by atoms with E-state index in [1.807, 2.05) is 4.90 Å². The number of aromatic carboxylic acids is 1. The van der Waals surface area contributed by atoms with Crippen LogP contribution in [0.4, 0.5) is 10.1 Å². The second-order valence-corrected chi connectivity index (χ2v) is 8.61. The molecule has 1 aromatic carbocycles. The lowest BCUT2D eigenvalue weighted by atomic mass is 10.0. The van der Waals surface area contributed by atoms with Gasteiger partial charge in [-0.05, 0) is 31.7 Å². The van der Waals surface area contributed by atoms with Crippen molar-refractivity contribution in [3.05, 3.63) is 43.9 Å². The summed E-state index contributed by atoms with van der Waals surface area (Å²) in [6.07, 6.45) is 4.59. The molecular formula is C21H23BrFN3O4. The largest absolute Gasteiger partial charge is 0.492 e. The third kappa shape index (κ3) is 3.50. The predicted molar refractivity (Wildman–Crippen MR) is 116 cm³/mol. The van der Waals surface area contributed by atoms with Gasteiger partial charge in [-0.1, -0.05) is 21.5 Å². The summed E-state index contributed by atoms with van der Waals surface area (Å²) in [5, 5.41) is 9.46. The Kier molecular flexibility index (Phi) is 5.59. The number of methoxy groups -OCH3 is 1. The molecule has 2 heterocycles. The van der Waals surface area contributed by atoms with Crippen LogP contribution in [0.1, 0.15) is 42.1 Å². The van der Waals surface area contributed by atoms with Crippen molar-refractivity contribution >= 4 is 38.5 Å². The number of pyridine rings is 1. The Bertz CT molecular complexity index is 1110. The van der Waals surface area contributed by atoms with Crippen molar-refractivity contribution in [1.82, 2.24) is 4.57 Å². The Morgan fingerprint density at radius 3 is 2.57 bits per heavy atom. The highest BCUT2D eigenvalue weighted by Gasteiger charge is 2.31. The number of nitrogens with zero attached hydrogens (tertiary/aromatic N) is 2. The van der Waals surface area contributed by atoms with Crippen molar-refractivity contribution in [2.24, 2.45) is 5.73 Å². The first-order valence-electron chi connectivity index (χ1n) is 9.87. The molecular weight excluding hydrogens is 457 g/mol. The van der Waals surface area contributed by atoms with Crippen molar-refractivity contribution in [2.75, 3.05) is 31.6 Å². The molecule has 0 radical (unpaired) electrons. The molecule has 0 bridgehead atoms. The highest BCUT2D eigenvalue weighted by Crippen LogP contribution is 2.44. The van der Waals surface area contributed by atoms with Crippen LogP contribution >= 0.6 is 15.9 Å². The van der Waals surface area contributed by atoms with Crippen LogP contribution in [0.2, 0.25) is 0 Å². The number of carboxylic acids is 1. The van der Waals surface area contributed by atoms with Gasteiger partial charge in [0.05, 0.1) is 18.0 Å². The molecule has 1 aromatic heterocycles. The average Bonchev–Trinajstić information content (AvgIpc) is 3.58. The maximum atomic E-state index is 15.3. The molecule has 0 amide bonds. The van der Waals surface area contributed by atoms with Gasteiger partial charge in [-0.2, -0.15) is 0 Å². The Balaban J connectivity index is 1.89. The Hall–Kier alpha value is -2.39. The quantitative estimate of drug-likeness (QED) is 0.681. The number of nitrogens with two attached hydrogens (primary N) is 1. The fourth-order valence-corrected chi connectivity index (χ4v) is 4.54. The van der Waals surface area contributed by atoms with Crippen molar-refractivity contribution in [2.45, 2.75) is 31.7 Å². The summed E-state index contributed by atoms with van der Waals surface area (Å²) in [5.41, 5.74) is 6.63. The molecule has 0 unspecified atom stereocenters. The Labute approximate surface area is 181 Å². The van der Waals surface area contributed by atoms with Crippen LogP contribution in [-0.4, -0.2) is 42.4 Å². The van der Waals surface area contributed by atoms with E-state index in [1.54, 1.807) is 4.57 Å². The van der Waals surface area contributed by atoms with Gasteiger partial charge in [0, 0.05) is 36.4 Å². The van der Waals surface area contributed by atoms with Gasteiger partial charge in [-0.3, -0.25) is 4.79 Å². The van der Waals surface area contributed by atoms with E-state index in [0.717, 1.165) is 36.2 Å². The molecule has 2 aliphatic rings. The van der Waals surface area contributed by atoms with E-state index in [4.69, 9.17) is 10.5 Å². The van der Waals surface area contributed by atoms with E-state index >= 15 is 4.39 Å². The first-order valence-corrected chi connectivity index (χ1v) is 10.7. The van der Waals surface area contributed by atoms with E-state index in [9.17, 15) is 14.7 Å². The lowest BCUT2D eigenvalue weighted by molar-refractivity contribution is 0.0695. The molecule has 9 heteroatoms. The van der Waals surface area contributed by atoms with Crippen molar-refractivity contribution < 1.29 is 19.0 Å². The van der Waals surface area contributed by atoms with Crippen LogP contribution in [0.5, 0.6) is 5.75 Å². The number of carbonyl (C=O) groups is 1. The first-order chi connectivity index (χ1) is 14.4. The number of hydrogen-bond donors (Lipinski definition) is 2. The molecule has 2 fully saturated rings. The summed E-state index contributed by atoms with van der Waals surface area (Å²) in [5.74, 6) is -1.64. The Morgan fingerprint density at radius 1 is 1.37 bits per heavy atom. The lowest BCUT2D eigenvalue weighted by Crippen LogP contribution is -2.32. The molecule has 2 aromatic rings. The summed E-state index contributed by atoms with van der Waals surface area (Å²) in [6.45, 7) is 1.61. The maximum absolute atomic E-state index is 15.3. The number of piperidine rings is 1. The monoisotopic (exact) mass is 479 g/mol. The molecule has 4 rings (SSSR count). The number of benzene rings is 1. The standard InChI is InChI=1S/C21H23BrFN3O4/c1-30-20-17-13(19(27)14(21(28)29)10-26(17)12-2-3-12)8-16(23)18(20)25-6-4-11(5-7-25)15(22)9-24/h8,10,12H,2-7,9,24H2,1H3,(H,28,29). The molecule has 1 aliphatic carbocycles. The van der Waals surface area contributed by atoms with Crippen molar-refractivity contribution in [3.8, 4) is 5.75 Å². The molecule has 0 spiro atoms. The third-order valence-electron chi connectivity index (χ3n) is 5.82. The predicted octanol–water partition coefficient (Wildman–Crippen LogP) is 3.39. The molecule has 30 heavy (non-hydrogen) atoms. The average molecular weight is 480 g/mol. The molecule has 1 saturated heterocycles. The van der Waals surface area contributed by atoms with Crippen LogP contribution in [0.3, 0.4) is 0 Å². The molecule has 160 valence electrons. The van der Waals surface area contributed by atoms with E-state index < -0.39 is 17.2 Å². The zero-order valence-corrected chi connectivity index (χ0v) is 18.2. The smallest absolute Gasteiger partial charge is 0.341 e. The highest BCUT2D eigenvalue weighted by atomic mass is 79.9. The summed E-state index contributed by atoms with van der Waals surface area (Å²) in [4.78, 5) is 26.2. The zero-order chi connectivity index (χ0) is 21.6. The Morgan fingerprint density at radius 2 is 2.03 bits per heavy atom. The summed E-state index contributed by atoms with van der Waals surface area (Å²) in [7, 11) is 1.45. The fourth-order valence-electron chi connectivity index (χ4n) is 4.14. The van der Waals surface area contributed by atoms with Gasteiger partial charge in [0.25, 0.3) is 0 Å². The minimum Gasteiger partial charge on any atom is -0.492 e. The van der Waals surface area contributed by atoms with Gasteiger partial charge in [0.1, 0.15) is 11.3 Å². The summed E-state index contributed by atoms with van der Waals surface area (Å²) in [6, 6.07) is 1.23. The van der Waals surface area contributed by atoms with Crippen LogP contribution < -0.4 is 20.8 Å². The molecule has 0 atom stereocenters. The van der Waals surface area contributed by atoms with Crippen LogP contribution in [0.25, 0.3) is 10.9 Å². The molecule has 1 aliphatic heterocycles. The van der Waals surface area contributed by atoms with E-state index in [1.165, 1.54) is 18.9 Å². The SMILES string of the molecule is COc1c(N2CCC(=C(Br)CN)CC2)c(F)cc2c(=O)c(C(=O)O)cn(C3CC3)c12. The van der Waals surface area contributed by atoms with Gasteiger partial charge in [0.2, 0.25) is 5.43 Å². The molecule has 1 saturated carbocycles. The van der Waals surface area contributed by atoms with Crippen molar-refractivity contribution in [1.29, 1.82) is 0 Å². The van der Waals surface area contributed by atoms with Crippen molar-refractivity contribution in [3.63, 3.8) is 0 Å². The normalized spacial score (nSPS) is 16.8. The number of hydrogen-bond acceptors (Lipinski definition) is 5. The lowest BCUT2D eigenvalue weighted by Gasteiger charge is -2.33. The fraction of sp³-hybridized carbons (Fsp3) is 0.429. The highest BCUT2D eigenvalue weighted by molar-refractivity contribution is 9.11. The van der Waals surface area contributed by atoms with Gasteiger partial charge < -0.3 is 25.0 Å². The minimum atomic E-state index is -1.32. The second kappa shape index (κ2) is 8.03. The topological polar surface area (TPSA) is 97.8 Å². The third-order valence-corrected chi connectivity index (χ3v) is 6.70. The van der Waals surface area contributed by atoms with E-state index in [0.29, 0.717) is 30.8 Å². The summed E-state index contributed by atoms with van der Waals surface area (Å²) < 4.78 is 23.7. The maximum Gasteiger partial charge on any atom is 0.341 e. The van der Waals surface area contributed by atoms with Crippen LogP contribution in [-0.2, 0) is 0 Å². The zero-order valence-electron chi connectivity index (χ0n) is 16.6. The molecule has 3 N–H and O–H groups in total. The summed E-state index contributed by atoms with van der Waals surface area (Å²) >= 11 is 3.50. The van der Waals surface area contributed by atoms with Crippen LogP contribution in [0, 0.1) is 5.82 Å². The number of halogens is 2. The minimum absolute atomic E-state index is 0.0309. The number of rotatable bonds is 5. The second-order valence-electron chi connectivity index (χ2n) is 7.65. The number of aromatic nitrogens is 1. The first kappa shape index (κ1) is 20.9. The van der Waals surface area contributed by atoms with Gasteiger partial charge in [-0.15, -0.1) is 0 Å². The number of ether oxygens (including phenoxy) is 1. The van der Waals surface area contributed by atoms with Gasteiger partial charge in [-0.25, -0.2) is 9.18 Å².